The van der Waals surface area contributed by atoms with E-state index >= 15 is 0 Å². The number of carbonyl (C=O) groups excluding carboxylic acids is 1. The highest BCUT2D eigenvalue weighted by atomic mass is 16.4. The number of likely N-dealkylation sites (tertiary alicyclic amines) is 1. The topological polar surface area (TPSA) is 77.8 Å². The predicted octanol–water partition coefficient (Wildman–Crippen LogP) is 1.78. The van der Waals surface area contributed by atoms with Crippen molar-refractivity contribution in [3.05, 3.63) is 0 Å². The van der Waals surface area contributed by atoms with E-state index in [-0.39, 0.29) is 18.2 Å². The van der Waals surface area contributed by atoms with Gasteiger partial charge in [-0.3, -0.25) is 9.59 Å². The highest BCUT2D eigenvalue weighted by molar-refractivity contribution is 5.76. The van der Waals surface area contributed by atoms with E-state index in [4.69, 9.17) is 5.11 Å². The lowest BCUT2D eigenvalue weighted by atomic mass is 9.71. The fourth-order valence-corrected chi connectivity index (χ4v) is 3.51. The molecule has 5 nitrogen and oxygen atoms in total. The normalized spacial score (nSPS) is 29.9. The third kappa shape index (κ3) is 3.72. The predicted molar refractivity (Wildman–Crippen MR) is 74.2 cm³/mol. The molecule has 2 atom stereocenters. The van der Waals surface area contributed by atoms with Gasteiger partial charge in [-0.15, -0.1) is 0 Å². The molecule has 5 heteroatoms. The van der Waals surface area contributed by atoms with Crippen molar-refractivity contribution in [2.75, 3.05) is 13.1 Å². The minimum atomic E-state index is -0.803. The number of carbonyl (C=O) groups is 2. The first-order valence-electron chi connectivity index (χ1n) is 7.73. The Kier molecular flexibility index (Phi) is 5.02. The SMILES string of the molecule is O=C(O)CCCCC(=O)N1CCC2(O)CCCCC2C1. The zero-order valence-electron chi connectivity index (χ0n) is 12.0. The number of fused-ring (bicyclic) bond motifs is 1. The van der Waals surface area contributed by atoms with Gasteiger partial charge in [-0.2, -0.15) is 0 Å². The first-order chi connectivity index (χ1) is 9.51. The Labute approximate surface area is 120 Å². The Bertz CT molecular complexity index is 371. The quantitative estimate of drug-likeness (QED) is 0.754. The standard InChI is InChI=1S/C15H25NO4/c17-13(6-1-2-7-14(18)19)16-10-9-15(20)8-4-3-5-12(15)11-16/h12,20H,1-11H2,(H,18,19). The van der Waals surface area contributed by atoms with Gasteiger partial charge >= 0.3 is 5.97 Å². The summed E-state index contributed by atoms with van der Waals surface area (Å²) in [6, 6.07) is 0. The van der Waals surface area contributed by atoms with Crippen LogP contribution in [-0.4, -0.2) is 45.7 Å². The molecule has 114 valence electrons. The van der Waals surface area contributed by atoms with E-state index in [0.29, 0.717) is 38.8 Å². The van der Waals surface area contributed by atoms with Crippen LogP contribution >= 0.6 is 0 Å². The molecule has 0 aromatic heterocycles. The van der Waals surface area contributed by atoms with Crippen molar-refractivity contribution in [1.29, 1.82) is 0 Å². The van der Waals surface area contributed by atoms with Crippen molar-refractivity contribution in [1.82, 2.24) is 4.90 Å². The molecule has 2 rings (SSSR count). The lowest BCUT2D eigenvalue weighted by Gasteiger charge is -2.47. The summed E-state index contributed by atoms with van der Waals surface area (Å²) in [5, 5.41) is 19.1. The van der Waals surface area contributed by atoms with Gasteiger partial charge in [0.15, 0.2) is 0 Å². The van der Waals surface area contributed by atoms with Crippen LogP contribution < -0.4 is 0 Å². The summed E-state index contributed by atoms with van der Waals surface area (Å²) in [4.78, 5) is 24.4. The highest BCUT2D eigenvalue weighted by Crippen LogP contribution is 2.39. The van der Waals surface area contributed by atoms with E-state index in [2.05, 4.69) is 0 Å². The van der Waals surface area contributed by atoms with Crippen LogP contribution in [0.5, 0.6) is 0 Å². The molecule has 2 aliphatic rings. The van der Waals surface area contributed by atoms with Crippen LogP contribution in [0.1, 0.15) is 57.8 Å². The molecule has 0 aromatic carbocycles. The Hall–Kier alpha value is -1.10. The number of carboxylic acids is 1. The zero-order valence-corrected chi connectivity index (χ0v) is 12.0. The van der Waals surface area contributed by atoms with Crippen molar-refractivity contribution >= 4 is 11.9 Å². The van der Waals surface area contributed by atoms with Gasteiger partial charge < -0.3 is 15.1 Å². The molecule has 1 aliphatic heterocycles. The molecule has 0 spiro atoms. The number of carboxylic acid groups (broad SMARTS) is 1. The second-order valence-electron chi connectivity index (χ2n) is 6.24. The van der Waals surface area contributed by atoms with Crippen molar-refractivity contribution in [2.45, 2.75) is 63.4 Å². The second kappa shape index (κ2) is 6.57. The first kappa shape index (κ1) is 15.3. The number of unbranched alkanes of at least 4 members (excludes halogenated alkanes) is 1. The number of aliphatic carboxylic acids is 1. The third-order valence-corrected chi connectivity index (χ3v) is 4.81. The van der Waals surface area contributed by atoms with Crippen LogP contribution in [0.3, 0.4) is 0 Å². The van der Waals surface area contributed by atoms with Crippen molar-refractivity contribution < 1.29 is 19.8 Å². The highest BCUT2D eigenvalue weighted by Gasteiger charge is 2.43. The Morgan fingerprint density at radius 2 is 1.90 bits per heavy atom. The summed E-state index contributed by atoms with van der Waals surface area (Å²) in [5.41, 5.74) is -0.543. The van der Waals surface area contributed by atoms with Gasteiger partial charge in [-0.25, -0.2) is 0 Å². The Morgan fingerprint density at radius 3 is 2.65 bits per heavy atom. The van der Waals surface area contributed by atoms with Crippen LogP contribution in [0.2, 0.25) is 0 Å². The molecule has 2 unspecified atom stereocenters. The van der Waals surface area contributed by atoms with Crippen molar-refractivity contribution in [3.8, 4) is 0 Å². The van der Waals surface area contributed by atoms with E-state index < -0.39 is 11.6 Å². The largest absolute Gasteiger partial charge is 0.481 e. The minimum absolute atomic E-state index is 0.114. The van der Waals surface area contributed by atoms with Crippen LogP contribution in [0.4, 0.5) is 0 Å². The summed E-state index contributed by atoms with van der Waals surface area (Å²) in [6.45, 7) is 1.32. The molecule has 1 amide bonds. The third-order valence-electron chi connectivity index (χ3n) is 4.81. The molecule has 2 N–H and O–H groups in total. The average Bonchev–Trinajstić information content (AvgIpc) is 2.42. The van der Waals surface area contributed by atoms with E-state index in [1.54, 1.807) is 0 Å². The summed E-state index contributed by atoms with van der Waals surface area (Å²) in [5.74, 6) is -0.460. The zero-order chi connectivity index (χ0) is 14.6. The molecule has 1 saturated carbocycles. The lowest BCUT2D eigenvalue weighted by Crippen LogP contribution is -2.54. The molecular formula is C15H25NO4. The minimum Gasteiger partial charge on any atom is -0.481 e. The second-order valence-corrected chi connectivity index (χ2v) is 6.24. The first-order valence-corrected chi connectivity index (χ1v) is 7.73. The van der Waals surface area contributed by atoms with Gasteiger partial charge in [0.1, 0.15) is 0 Å². The van der Waals surface area contributed by atoms with Crippen LogP contribution in [-0.2, 0) is 9.59 Å². The fraction of sp³-hybridized carbons (Fsp3) is 0.867. The van der Waals surface area contributed by atoms with Gasteiger partial charge in [0.25, 0.3) is 0 Å². The molecule has 0 radical (unpaired) electrons. The van der Waals surface area contributed by atoms with Crippen molar-refractivity contribution in [3.63, 3.8) is 0 Å². The van der Waals surface area contributed by atoms with E-state index in [1.807, 2.05) is 4.90 Å². The monoisotopic (exact) mass is 283 g/mol. The number of piperidine rings is 1. The van der Waals surface area contributed by atoms with Crippen LogP contribution in [0.25, 0.3) is 0 Å². The van der Waals surface area contributed by atoms with E-state index in [1.165, 1.54) is 0 Å². The Balaban J connectivity index is 1.76. The van der Waals surface area contributed by atoms with Crippen LogP contribution in [0.15, 0.2) is 0 Å². The maximum Gasteiger partial charge on any atom is 0.303 e. The maximum atomic E-state index is 12.1. The lowest BCUT2D eigenvalue weighted by molar-refractivity contribution is -0.144. The summed E-state index contributed by atoms with van der Waals surface area (Å²) < 4.78 is 0. The van der Waals surface area contributed by atoms with E-state index in [0.717, 1.165) is 25.7 Å². The summed E-state index contributed by atoms with van der Waals surface area (Å²) >= 11 is 0. The molecule has 1 heterocycles. The maximum absolute atomic E-state index is 12.1. The van der Waals surface area contributed by atoms with Crippen LogP contribution in [0, 0.1) is 5.92 Å². The molecule has 20 heavy (non-hydrogen) atoms. The molecule has 1 saturated heterocycles. The molecule has 2 fully saturated rings. The van der Waals surface area contributed by atoms with Gasteiger partial charge in [-0.1, -0.05) is 12.8 Å². The summed E-state index contributed by atoms with van der Waals surface area (Å²) in [6.07, 6.45) is 6.58. The van der Waals surface area contributed by atoms with Gasteiger partial charge in [0, 0.05) is 31.8 Å². The van der Waals surface area contributed by atoms with Gasteiger partial charge in [0.2, 0.25) is 5.91 Å². The number of hydrogen-bond donors (Lipinski definition) is 2. The van der Waals surface area contributed by atoms with Gasteiger partial charge in [-0.05, 0) is 32.1 Å². The number of hydrogen-bond acceptors (Lipinski definition) is 3. The molecule has 0 bridgehead atoms. The fourth-order valence-electron chi connectivity index (χ4n) is 3.51. The Morgan fingerprint density at radius 1 is 1.15 bits per heavy atom. The summed E-state index contributed by atoms with van der Waals surface area (Å²) in [7, 11) is 0. The van der Waals surface area contributed by atoms with E-state index in [9.17, 15) is 14.7 Å². The molecular weight excluding hydrogens is 258 g/mol. The number of rotatable bonds is 5. The smallest absolute Gasteiger partial charge is 0.303 e. The van der Waals surface area contributed by atoms with Crippen molar-refractivity contribution in [2.24, 2.45) is 5.92 Å². The van der Waals surface area contributed by atoms with Gasteiger partial charge in [0.05, 0.1) is 5.60 Å². The molecule has 0 aromatic rings. The molecule has 1 aliphatic carbocycles. The average molecular weight is 283 g/mol. The number of aliphatic hydroxyl groups is 1. The number of amides is 1. The number of nitrogens with zero attached hydrogens (tertiary/aromatic N) is 1.